The Kier molecular flexibility index (Phi) is 54.3. The van der Waals surface area contributed by atoms with Crippen LogP contribution in [-0.2, 0) is 28.6 Å². The molecule has 0 aromatic carbocycles. The highest BCUT2D eigenvalue weighted by Gasteiger charge is 2.19. The van der Waals surface area contributed by atoms with Gasteiger partial charge in [0.25, 0.3) is 0 Å². The average Bonchev–Trinajstić information content (AvgIpc) is 3.35. The Labute approximate surface area is 426 Å². The monoisotopic (exact) mass is 961 g/mol. The van der Waals surface area contributed by atoms with E-state index < -0.39 is 6.10 Å². The highest BCUT2D eigenvalue weighted by molar-refractivity contribution is 5.71. The lowest BCUT2D eigenvalue weighted by molar-refractivity contribution is -0.167. The Morgan fingerprint density at radius 2 is 0.565 bits per heavy atom. The maximum absolute atomic E-state index is 12.8. The van der Waals surface area contributed by atoms with Gasteiger partial charge in [0, 0.05) is 19.3 Å². The predicted octanol–water partition coefficient (Wildman–Crippen LogP) is 19.5. The van der Waals surface area contributed by atoms with E-state index >= 15 is 0 Å². The normalized spacial score (nSPS) is 12.7. The van der Waals surface area contributed by atoms with Gasteiger partial charge < -0.3 is 14.2 Å². The fourth-order valence-electron chi connectivity index (χ4n) is 8.03. The molecule has 6 nitrogen and oxygen atoms in total. The van der Waals surface area contributed by atoms with Crippen molar-refractivity contribution in [2.24, 2.45) is 0 Å². The van der Waals surface area contributed by atoms with Gasteiger partial charge in [-0.2, -0.15) is 0 Å². The van der Waals surface area contributed by atoms with Gasteiger partial charge in [-0.15, -0.1) is 0 Å². The summed E-state index contributed by atoms with van der Waals surface area (Å²) in [6, 6.07) is 0. The van der Waals surface area contributed by atoms with Crippen molar-refractivity contribution in [3.63, 3.8) is 0 Å². The van der Waals surface area contributed by atoms with E-state index in [1.165, 1.54) is 135 Å². The summed E-state index contributed by atoms with van der Waals surface area (Å²) in [5.74, 6) is -0.898. The van der Waals surface area contributed by atoms with Crippen LogP contribution in [0.15, 0.2) is 85.1 Å². The topological polar surface area (TPSA) is 78.9 Å². The van der Waals surface area contributed by atoms with Crippen molar-refractivity contribution in [1.82, 2.24) is 0 Å². The van der Waals surface area contributed by atoms with Crippen LogP contribution in [-0.4, -0.2) is 37.2 Å². The molecule has 6 heteroatoms. The molecule has 0 aromatic heterocycles. The van der Waals surface area contributed by atoms with Gasteiger partial charge in [-0.3, -0.25) is 14.4 Å². The van der Waals surface area contributed by atoms with Gasteiger partial charge in [0.2, 0.25) is 0 Å². The van der Waals surface area contributed by atoms with Gasteiger partial charge in [0.1, 0.15) is 13.2 Å². The number of hydrogen-bond acceptors (Lipinski definition) is 6. The van der Waals surface area contributed by atoms with E-state index in [0.717, 1.165) is 103 Å². The zero-order chi connectivity index (χ0) is 50.0. The number of unbranched alkanes of at least 4 members (excludes halogenated alkanes) is 27. The van der Waals surface area contributed by atoms with Crippen molar-refractivity contribution < 1.29 is 28.6 Å². The Morgan fingerprint density at radius 1 is 0.304 bits per heavy atom. The lowest BCUT2D eigenvalue weighted by Gasteiger charge is -2.18. The lowest BCUT2D eigenvalue weighted by Crippen LogP contribution is -2.30. The SMILES string of the molecule is CC/C=C\C/C=C\C/C=C\C/C=C\C/C=C\CCCCCCCCCC(=O)OCC(COC(=O)CCCCCCCCC)OC(=O)CCCCCCCCCCC/C=C\C/C=C\CCCCCCC. The summed E-state index contributed by atoms with van der Waals surface area (Å²) in [5.41, 5.74) is 0. The number of hydrogen-bond donors (Lipinski definition) is 0. The molecular formula is C63H108O6. The maximum Gasteiger partial charge on any atom is 0.306 e. The molecule has 0 N–H and O–H groups in total. The summed E-state index contributed by atoms with van der Waals surface area (Å²) in [6.07, 6.45) is 74.5. The van der Waals surface area contributed by atoms with E-state index in [1.54, 1.807) is 0 Å². The van der Waals surface area contributed by atoms with Crippen LogP contribution in [0, 0.1) is 0 Å². The van der Waals surface area contributed by atoms with E-state index in [1.807, 2.05) is 0 Å². The third kappa shape index (κ3) is 55.4. The van der Waals surface area contributed by atoms with E-state index in [0.29, 0.717) is 19.3 Å². The van der Waals surface area contributed by atoms with E-state index in [4.69, 9.17) is 14.2 Å². The molecule has 69 heavy (non-hydrogen) atoms. The molecule has 0 spiro atoms. The van der Waals surface area contributed by atoms with Crippen LogP contribution in [0.25, 0.3) is 0 Å². The van der Waals surface area contributed by atoms with Crippen LogP contribution in [0.3, 0.4) is 0 Å². The molecule has 396 valence electrons. The van der Waals surface area contributed by atoms with Gasteiger partial charge in [0.05, 0.1) is 0 Å². The largest absolute Gasteiger partial charge is 0.462 e. The van der Waals surface area contributed by atoms with E-state index in [9.17, 15) is 14.4 Å². The summed E-state index contributed by atoms with van der Waals surface area (Å²) in [4.78, 5) is 38.0. The Balaban J connectivity index is 4.23. The first-order chi connectivity index (χ1) is 34.0. The molecule has 0 aliphatic heterocycles. The molecular weight excluding hydrogens is 853 g/mol. The molecule has 0 heterocycles. The standard InChI is InChI=1S/C63H108O6/c1-4-7-10-13-16-18-20-22-24-26-28-30-31-33-34-36-38-40-42-44-47-50-53-56-62(65)68-59-60(58-67-61(64)55-52-49-46-15-12-9-6-3)69-63(66)57-54-51-48-45-43-41-39-37-35-32-29-27-25-23-21-19-17-14-11-8-5-2/h7,10,16,18,21-24,27-30,33-34,60H,4-6,8-9,11-15,17,19-20,25-26,31-32,35-59H2,1-3H3/b10-7-,18-16-,23-21-,24-22-,29-27-,30-28-,34-33-. The van der Waals surface area contributed by atoms with Crippen LogP contribution in [0.1, 0.15) is 278 Å². The van der Waals surface area contributed by atoms with Crippen LogP contribution >= 0.6 is 0 Å². The van der Waals surface area contributed by atoms with Crippen LogP contribution in [0.2, 0.25) is 0 Å². The second-order valence-corrected chi connectivity index (χ2v) is 19.2. The number of carbonyl (C=O) groups is 3. The zero-order valence-electron chi connectivity index (χ0n) is 45.3. The minimum atomic E-state index is -0.781. The van der Waals surface area contributed by atoms with Gasteiger partial charge in [-0.05, 0) is 96.3 Å². The fraction of sp³-hybridized carbons (Fsp3) is 0.730. The Morgan fingerprint density at radius 3 is 0.884 bits per heavy atom. The summed E-state index contributed by atoms with van der Waals surface area (Å²) in [7, 11) is 0. The first kappa shape index (κ1) is 65.6. The second kappa shape index (κ2) is 57.2. The smallest absolute Gasteiger partial charge is 0.306 e. The minimum Gasteiger partial charge on any atom is -0.462 e. The van der Waals surface area contributed by atoms with Gasteiger partial charge in [-0.25, -0.2) is 0 Å². The van der Waals surface area contributed by atoms with Crippen molar-refractivity contribution in [2.75, 3.05) is 13.2 Å². The van der Waals surface area contributed by atoms with Gasteiger partial charge in [-0.1, -0.05) is 247 Å². The van der Waals surface area contributed by atoms with Crippen molar-refractivity contribution in [2.45, 2.75) is 284 Å². The predicted molar refractivity (Wildman–Crippen MR) is 297 cm³/mol. The molecule has 0 aliphatic rings. The lowest BCUT2D eigenvalue weighted by atomic mass is 10.1. The summed E-state index contributed by atoms with van der Waals surface area (Å²) in [6.45, 7) is 6.47. The van der Waals surface area contributed by atoms with Crippen LogP contribution < -0.4 is 0 Å². The molecule has 0 aromatic rings. The summed E-state index contributed by atoms with van der Waals surface area (Å²) < 4.78 is 16.8. The molecule has 0 saturated heterocycles. The van der Waals surface area contributed by atoms with Crippen molar-refractivity contribution in [3.05, 3.63) is 85.1 Å². The van der Waals surface area contributed by atoms with Gasteiger partial charge in [0.15, 0.2) is 6.10 Å². The molecule has 0 rings (SSSR count). The third-order valence-corrected chi connectivity index (χ3v) is 12.4. The van der Waals surface area contributed by atoms with Crippen molar-refractivity contribution >= 4 is 17.9 Å². The number of rotatable bonds is 52. The number of allylic oxidation sites excluding steroid dienone is 14. The maximum atomic E-state index is 12.8. The molecule has 0 aliphatic carbocycles. The molecule has 0 amide bonds. The van der Waals surface area contributed by atoms with Crippen LogP contribution in [0.5, 0.6) is 0 Å². The van der Waals surface area contributed by atoms with Crippen molar-refractivity contribution in [3.8, 4) is 0 Å². The van der Waals surface area contributed by atoms with E-state index in [-0.39, 0.29) is 31.1 Å². The molecule has 1 unspecified atom stereocenters. The zero-order valence-corrected chi connectivity index (χ0v) is 45.3. The average molecular weight is 962 g/mol. The highest BCUT2D eigenvalue weighted by Crippen LogP contribution is 2.15. The third-order valence-electron chi connectivity index (χ3n) is 12.4. The van der Waals surface area contributed by atoms with Crippen molar-refractivity contribution in [1.29, 1.82) is 0 Å². The van der Waals surface area contributed by atoms with Gasteiger partial charge >= 0.3 is 17.9 Å². The van der Waals surface area contributed by atoms with Crippen LogP contribution in [0.4, 0.5) is 0 Å². The second-order valence-electron chi connectivity index (χ2n) is 19.2. The fourth-order valence-corrected chi connectivity index (χ4v) is 8.03. The van der Waals surface area contributed by atoms with E-state index in [2.05, 4.69) is 106 Å². The molecule has 0 saturated carbocycles. The summed E-state index contributed by atoms with van der Waals surface area (Å²) >= 11 is 0. The minimum absolute atomic E-state index is 0.0810. The highest BCUT2D eigenvalue weighted by atomic mass is 16.6. The quantitative estimate of drug-likeness (QED) is 0.0262. The molecule has 0 bridgehead atoms. The molecule has 0 radical (unpaired) electrons. The number of ether oxygens (including phenoxy) is 3. The number of carbonyl (C=O) groups excluding carboxylic acids is 3. The first-order valence-corrected chi connectivity index (χ1v) is 29.1. The summed E-state index contributed by atoms with van der Waals surface area (Å²) in [5, 5.41) is 0. The number of esters is 3. The molecule has 1 atom stereocenters. The first-order valence-electron chi connectivity index (χ1n) is 29.1. The molecule has 0 fully saturated rings. The Hall–Kier alpha value is -3.41. The Bertz CT molecular complexity index is 1330.